The van der Waals surface area contributed by atoms with Gasteiger partial charge in [-0.05, 0) is 23.3 Å². The van der Waals surface area contributed by atoms with Gasteiger partial charge in [0.1, 0.15) is 5.54 Å². The summed E-state index contributed by atoms with van der Waals surface area (Å²) in [5.74, 6) is 0. The van der Waals surface area contributed by atoms with Crippen LogP contribution in [-0.4, -0.2) is 15.0 Å². The van der Waals surface area contributed by atoms with E-state index in [0.29, 0.717) is 5.02 Å². The molecule has 3 rings (SSSR count). The molecule has 6 heteroatoms. The highest BCUT2D eigenvalue weighted by Crippen LogP contribution is 2.35. The van der Waals surface area contributed by atoms with Crippen molar-refractivity contribution in [2.24, 2.45) is 0 Å². The van der Waals surface area contributed by atoms with E-state index in [1.165, 1.54) is 0 Å². The van der Waals surface area contributed by atoms with E-state index in [-0.39, 0.29) is 6.61 Å². The highest BCUT2D eigenvalue weighted by atomic mass is 35.5. The lowest BCUT2D eigenvalue weighted by atomic mass is 9.84. The minimum Gasteiger partial charge on any atom is -0.255 e. The molecule has 0 aliphatic carbocycles. The van der Waals surface area contributed by atoms with Gasteiger partial charge in [0.15, 0.2) is 0 Å². The number of nitrogens with one attached hydrogen (secondary N) is 1. The summed E-state index contributed by atoms with van der Waals surface area (Å²) in [6.45, 7) is 0.0149. The zero-order chi connectivity index (χ0) is 14.2. The molecule has 0 amide bonds. The van der Waals surface area contributed by atoms with Gasteiger partial charge in [0.05, 0.1) is 6.61 Å². The summed E-state index contributed by atoms with van der Waals surface area (Å²) >= 11 is 5.90. The molecular formula is C14H12ClNO3S. The summed E-state index contributed by atoms with van der Waals surface area (Å²) < 4.78 is 30.9. The molecule has 1 aliphatic heterocycles. The van der Waals surface area contributed by atoms with Gasteiger partial charge in [-0.15, -0.1) is 0 Å². The van der Waals surface area contributed by atoms with Crippen molar-refractivity contribution >= 4 is 21.9 Å². The van der Waals surface area contributed by atoms with Crippen LogP contribution in [0.4, 0.5) is 0 Å². The van der Waals surface area contributed by atoms with Crippen LogP contribution in [-0.2, 0) is 20.0 Å². The summed E-state index contributed by atoms with van der Waals surface area (Å²) in [4.78, 5) is 0. The average molecular weight is 310 g/mol. The van der Waals surface area contributed by atoms with E-state index in [1.54, 1.807) is 24.3 Å². The zero-order valence-electron chi connectivity index (χ0n) is 10.4. The van der Waals surface area contributed by atoms with Gasteiger partial charge in [-0.25, -0.2) is 0 Å². The SMILES string of the molecule is O=S1(=O)N[C@](c2ccccc2)(c2ccc(Cl)cc2)CO1. The van der Waals surface area contributed by atoms with Gasteiger partial charge >= 0.3 is 10.3 Å². The van der Waals surface area contributed by atoms with Crippen molar-refractivity contribution in [3.63, 3.8) is 0 Å². The average Bonchev–Trinajstić information content (AvgIpc) is 2.78. The highest BCUT2D eigenvalue weighted by molar-refractivity contribution is 7.85. The maximum atomic E-state index is 11.7. The van der Waals surface area contributed by atoms with Gasteiger partial charge < -0.3 is 0 Å². The highest BCUT2D eigenvalue weighted by Gasteiger charge is 2.45. The van der Waals surface area contributed by atoms with E-state index >= 15 is 0 Å². The Kier molecular flexibility index (Phi) is 3.30. The molecular weight excluding hydrogens is 298 g/mol. The Bertz CT molecular complexity index is 716. The summed E-state index contributed by atoms with van der Waals surface area (Å²) in [5.41, 5.74) is 0.697. The van der Waals surface area contributed by atoms with E-state index < -0.39 is 15.8 Å². The number of hydrogen-bond acceptors (Lipinski definition) is 3. The van der Waals surface area contributed by atoms with Crippen LogP contribution in [0.25, 0.3) is 0 Å². The Labute approximate surface area is 122 Å². The molecule has 0 unspecified atom stereocenters. The fourth-order valence-corrected chi connectivity index (χ4v) is 3.58. The third kappa shape index (κ3) is 2.33. The first-order chi connectivity index (χ1) is 9.52. The molecule has 1 fully saturated rings. The Morgan fingerprint density at radius 3 is 2.15 bits per heavy atom. The normalized spacial score (nSPS) is 24.6. The maximum Gasteiger partial charge on any atom is 0.337 e. The lowest BCUT2D eigenvalue weighted by Crippen LogP contribution is -2.41. The van der Waals surface area contributed by atoms with Crippen LogP contribution in [0.1, 0.15) is 11.1 Å². The van der Waals surface area contributed by atoms with E-state index in [4.69, 9.17) is 15.8 Å². The number of benzene rings is 2. The Hall–Kier alpha value is -1.40. The lowest BCUT2D eigenvalue weighted by molar-refractivity contribution is 0.300. The first-order valence-electron chi connectivity index (χ1n) is 6.02. The van der Waals surface area contributed by atoms with E-state index in [1.807, 2.05) is 30.3 Å². The van der Waals surface area contributed by atoms with Crippen molar-refractivity contribution < 1.29 is 12.6 Å². The molecule has 0 aromatic heterocycles. The molecule has 1 saturated heterocycles. The molecule has 2 aromatic rings. The molecule has 0 bridgehead atoms. The molecule has 1 N–H and O–H groups in total. The van der Waals surface area contributed by atoms with Crippen LogP contribution in [0, 0.1) is 0 Å². The van der Waals surface area contributed by atoms with Crippen molar-refractivity contribution in [3.05, 3.63) is 70.7 Å². The molecule has 104 valence electrons. The fraction of sp³-hybridized carbons (Fsp3) is 0.143. The Morgan fingerprint density at radius 1 is 1.00 bits per heavy atom. The van der Waals surface area contributed by atoms with Crippen LogP contribution in [0.15, 0.2) is 54.6 Å². The van der Waals surface area contributed by atoms with Crippen LogP contribution in [0.5, 0.6) is 0 Å². The zero-order valence-corrected chi connectivity index (χ0v) is 12.0. The largest absolute Gasteiger partial charge is 0.337 e. The summed E-state index contributed by atoms with van der Waals surface area (Å²) in [6, 6.07) is 16.4. The van der Waals surface area contributed by atoms with Crippen molar-refractivity contribution in [2.45, 2.75) is 5.54 Å². The molecule has 1 aliphatic rings. The van der Waals surface area contributed by atoms with Crippen molar-refractivity contribution in [1.29, 1.82) is 0 Å². The summed E-state index contributed by atoms with van der Waals surface area (Å²) in [5, 5.41) is 0.596. The second kappa shape index (κ2) is 4.86. The Morgan fingerprint density at radius 2 is 1.60 bits per heavy atom. The predicted molar refractivity (Wildman–Crippen MR) is 76.7 cm³/mol. The molecule has 2 aromatic carbocycles. The van der Waals surface area contributed by atoms with Crippen LogP contribution in [0.2, 0.25) is 5.02 Å². The van der Waals surface area contributed by atoms with Crippen LogP contribution < -0.4 is 4.72 Å². The third-order valence-electron chi connectivity index (χ3n) is 3.33. The summed E-state index contributed by atoms with van der Waals surface area (Å²) in [7, 11) is -3.74. The van der Waals surface area contributed by atoms with Gasteiger partial charge in [0.25, 0.3) is 0 Å². The summed E-state index contributed by atoms with van der Waals surface area (Å²) in [6.07, 6.45) is 0. The van der Waals surface area contributed by atoms with Crippen molar-refractivity contribution in [3.8, 4) is 0 Å². The number of rotatable bonds is 2. The van der Waals surface area contributed by atoms with Gasteiger partial charge in [0.2, 0.25) is 0 Å². The van der Waals surface area contributed by atoms with E-state index in [0.717, 1.165) is 11.1 Å². The number of halogens is 1. The third-order valence-corrected chi connectivity index (χ3v) is 4.61. The molecule has 1 heterocycles. The molecule has 0 saturated carbocycles. The fourth-order valence-electron chi connectivity index (χ4n) is 2.35. The standard InChI is InChI=1S/C14H12ClNO3S/c15-13-8-6-12(7-9-13)14(10-19-20(17,18)16-14)11-4-2-1-3-5-11/h1-9,16H,10H2/t14-/m1/s1. The minimum absolute atomic E-state index is 0.0149. The second-order valence-electron chi connectivity index (χ2n) is 4.60. The van der Waals surface area contributed by atoms with Gasteiger partial charge in [-0.3, -0.25) is 4.18 Å². The van der Waals surface area contributed by atoms with Gasteiger partial charge in [-0.2, -0.15) is 13.1 Å². The quantitative estimate of drug-likeness (QED) is 0.927. The first-order valence-corrected chi connectivity index (χ1v) is 7.80. The first kappa shape index (κ1) is 13.6. The number of hydrogen-bond donors (Lipinski definition) is 1. The molecule has 0 radical (unpaired) electrons. The molecule has 1 atom stereocenters. The van der Waals surface area contributed by atoms with Crippen LogP contribution in [0.3, 0.4) is 0 Å². The van der Waals surface area contributed by atoms with Crippen LogP contribution >= 0.6 is 11.6 Å². The van der Waals surface area contributed by atoms with E-state index in [9.17, 15) is 8.42 Å². The molecule has 20 heavy (non-hydrogen) atoms. The van der Waals surface area contributed by atoms with Gasteiger partial charge in [-0.1, -0.05) is 54.1 Å². The van der Waals surface area contributed by atoms with E-state index in [2.05, 4.69) is 4.72 Å². The Balaban J connectivity index is 2.17. The second-order valence-corrected chi connectivity index (χ2v) is 6.38. The molecule has 0 spiro atoms. The monoisotopic (exact) mass is 309 g/mol. The van der Waals surface area contributed by atoms with Crippen molar-refractivity contribution in [1.82, 2.24) is 4.72 Å². The minimum atomic E-state index is -3.74. The smallest absolute Gasteiger partial charge is 0.255 e. The molecule has 4 nitrogen and oxygen atoms in total. The van der Waals surface area contributed by atoms with Crippen molar-refractivity contribution in [2.75, 3.05) is 6.61 Å². The predicted octanol–water partition coefficient (Wildman–Crippen LogP) is 2.45. The topological polar surface area (TPSA) is 55.4 Å². The van der Waals surface area contributed by atoms with Gasteiger partial charge in [0, 0.05) is 5.02 Å². The maximum absolute atomic E-state index is 11.7. The lowest BCUT2D eigenvalue weighted by Gasteiger charge is -2.27.